The summed E-state index contributed by atoms with van der Waals surface area (Å²) >= 11 is 0. The average molecular weight is 311 g/mol. The fourth-order valence-corrected chi connectivity index (χ4v) is 2.74. The van der Waals surface area contributed by atoms with Crippen LogP contribution in [-0.4, -0.2) is 64.0 Å². The Balaban J connectivity index is 1.64. The van der Waals surface area contributed by atoms with E-state index in [0.29, 0.717) is 0 Å². The summed E-state index contributed by atoms with van der Waals surface area (Å²) in [6.45, 7) is 8.34. The lowest BCUT2D eigenvalue weighted by molar-refractivity contribution is 0.0625. The van der Waals surface area contributed by atoms with Crippen molar-refractivity contribution in [2.75, 3.05) is 53.1 Å². The lowest BCUT2D eigenvalue weighted by Gasteiger charge is -2.26. The van der Waals surface area contributed by atoms with Crippen LogP contribution >= 0.6 is 0 Å². The molecule has 1 N–H and O–H groups in total. The van der Waals surface area contributed by atoms with E-state index in [1.807, 2.05) is 0 Å². The summed E-state index contributed by atoms with van der Waals surface area (Å²) in [6.07, 6.45) is 6.33. The van der Waals surface area contributed by atoms with Crippen LogP contribution < -0.4 is 5.32 Å². The minimum atomic E-state index is 0.735. The standard InChI is InChI=1S/C17H33N3O2/c1-3-18-17(19-9-13-22-14-16-4-5-16)20(2)10-6-15-7-11-21-12-8-15/h15-16H,3-14H2,1-2H3,(H,18,19). The molecule has 0 aromatic heterocycles. The van der Waals surface area contributed by atoms with E-state index >= 15 is 0 Å². The van der Waals surface area contributed by atoms with Crippen LogP contribution in [0.4, 0.5) is 0 Å². The number of aliphatic imine (C=N–C) groups is 1. The second-order valence-corrected chi connectivity index (χ2v) is 6.52. The molecular weight excluding hydrogens is 278 g/mol. The van der Waals surface area contributed by atoms with Gasteiger partial charge in [-0.1, -0.05) is 0 Å². The number of nitrogens with one attached hydrogen (secondary N) is 1. The first-order valence-corrected chi connectivity index (χ1v) is 8.94. The summed E-state index contributed by atoms with van der Waals surface area (Å²) in [4.78, 5) is 6.93. The quantitative estimate of drug-likeness (QED) is 0.402. The van der Waals surface area contributed by atoms with Gasteiger partial charge in [-0.15, -0.1) is 0 Å². The minimum absolute atomic E-state index is 0.735. The first kappa shape index (κ1) is 17.5. The van der Waals surface area contributed by atoms with Gasteiger partial charge in [0.15, 0.2) is 5.96 Å². The van der Waals surface area contributed by atoms with Gasteiger partial charge in [0.25, 0.3) is 0 Å². The topological polar surface area (TPSA) is 46.1 Å². The summed E-state index contributed by atoms with van der Waals surface area (Å²) < 4.78 is 11.1. The molecule has 0 amide bonds. The highest BCUT2D eigenvalue weighted by molar-refractivity contribution is 5.79. The molecule has 1 aliphatic carbocycles. The lowest BCUT2D eigenvalue weighted by Crippen LogP contribution is -2.40. The second-order valence-electron chi connectivity index (χ2n) is 6.52. The van der Waals surface area contributed by atoms with Crippen molar-refractivity contribution in [3.8, 4) is 0 Å². The molecule has 2 fully saturated rings. The molecule has 0 bridgehead atoms. The Hall–Kier alpha value is -0.810. The zero-order chi connectivity index (χ0) is 15.6. The average Bonchev–Trinajstić information content (AvgIpc) is 3.36. The number of nitrogens with zero attached hydrogens (tertiary/aromatic N) is 2. The Morgan fingerprint density at radius 3 is 2.68 bits per heavy atom. The third-order valence-corrected chi connectivity index (χ3v) is 4.46. The van der Waals surface area contributed by atoms with Gasteiger partial charge in [0, 0.05) is 40.0 Å². The van der Waals surface area contributed by atoms with Crippen LogP contribution in [0.3, 0.4) is 0 Å². The molecule has 2 aliphatic rings. The number of ether oxygens (including phenoxy) is 2. The molecule has 0 spiro atoms. The van der Waals surface area contributed by atoms with Crippen molar-refractivity contribution in [3.63, 3.8) is 0 Å². The third-order valence-electron chi connectivity index (χ3n) is 4.46. The summed E-state index contributed by atoms with van der Waals surface area (Å²) in [5.74, 6) is 2.64. The van der Waals surface area contributed by atoms with Crippen molar-refractivity contribution < 1.29 is 9.47 Å². The van der Waals surface area contributed by atoms with Crippen LogP contribution in [0.5, 0.6) is 0 Å². The highest BCUT2D eigenvalue weighted by Gasteiger charge is 2.20. The van der Waals surface area contributed by atoms with Gasteiger partial charge in [-0.05, 0) is 50.9 Å². The molecule has 0 atom stereocenters. The van der Waals surface area contributed by atoms with E-state index < -0.39 is 0 Å². The SMILES string of the molecule is CCNC(=NCCOCC1CC1)N(C)CCC1CCOCC1. The molecule has 1 saturated carbocycles. The zero-order valence-corrected chi connectivity index (χ0v) is 14.4. The van der Waals surface area contributed by atoms with Gasteiger partial charge in [0.2, 0.25) is 0 Å². The minimum Gasteiger partial charge on any atom is -0.381 e. The van der Waals surface area contributed by atoms with E-state index in [1.165, 1.54) is 32.1 Å². The Bertz CT molecular complexity index is 326. The molecular formula is C17H33N3O2. The molecule has 0 aromatic rings. The van der Waals surface area contributed by atoms with Crippen molar-refractivity contribution in [2.45, 2.75) is 39.0 Å². The van der Waals surface area contributed by atoms with Crippen molar-refractivity contribution in [2.24, 2.45) is 16.8 Å². The molecule has 1 heterocycles. The van der Waals surface area contributed by atoms with Crippen LogP contribution in [0.15, 0.2) is 4.99 Å². The predicted octanol–water partition coefficient (Wildman–Crippen LogP) is 2.13. The second kappa shape index (κ2) is 10.1. The van der Waals surface area contributed by atoms with Crippen LogP contribution in [0.2, 0.25) is 0 Å². The smallest absolute Gasteiger partial charge is 0.193 e. The Morgan fingerprint density at radius 2 is 2.00 bits per heavy atom. The fourth-order valence-electron chi connectivity index (χ4n) is 2.74. The number of guanidine groups is 1. The normalized spacial score (nSPS) is 20.2. The molecule has 0 radical (unpaired) electrons. The third kappa shape index (κ3) is 6.97. The summed E-state index contributed by atoms with van der Waals surface area (Å²) in [5, 5.41) is 3.38. The number of hydrogen-bond acceptors (Lipinski definition) is 3. The number of hydrogen-bond donors (Lipinski definition) is 1. The molecule has 22 heavy (non-hydrogen) atoms. The Labute approximate surface area is 135 Å². The molecule has 5 nitrogen and oxygen atoms in total. The molecule has 1 saturated heterocycles. The van der Waals surface area contributed by atoms with Crippen LogP contribution in [-0.2, 0) is 9.47 Å². The van der Waals surface area contributed by atoms with E-state index in [1.54, 1.807) is 0 Å². The monoisotopic (exact) mass is 311 g/mol. The zero-order valence-electron chi connectivity index (χ0n) is 14.4. The van der Waals surface area contributed by atoms with Crippen LogP contribution in [0, 0.1) is 11.8 Å². The fraction of sp³-hybridized carbons (Fsp3) is 0.941. The van der Waals surface area contributed by atoms with Gasteiger partial charge >= 0.3 is 0 Å². The van der Waals surface area contributed by atoms with E-state index in [4.69, 9.17) is 9.47 Å². The maximum atomic E-state index is 5.65. The maximum absolute atomic E-state index is 5.65. The predicted molar refractivity (Wildman–Crippen MR) is 90.3 cm³/mol. The van der Waals surface area contributed by atoms with E-state index in [0.717, 1.165) is 63.9 Å². The Kier molecular flexibility index (Phi) is 8.02. The molecule has 5 heteroatoms. The van der Waals surface area contributed by atoms with Crippen molar-refractivity contribution in [3.05, 3.63) is 0 Å². The van der Waals surface area contributed by atoms with Crippen molar-refractivity contribution >= 4 is 5.96 Å². The molecule has 128 valence electrons. The van der Waals surface area contributed by atoms with Gasteiger partial charge in [0.1, 0.15) is 0 Å². The lowest BCUT2D eigenvalue weighted by atomic mass is 9.96. The molecule has 0 unspecified atom stereocenters. The highest BCUT2D eigenvalue weighted by atomic mass is 16.5. The first-order chi connectivity index (χ1) is 10.8. The van der Waals surface area contributed by atoms with Crippen molar-refractivity contribution in [1.29, 1.82) is 0 Å². The van der Waals surface area contributed by atoms with Gasteiger partial charge < -0.3 is 19.7 Å². The summed E-state index contributed by atoms with van der Waals surface area (Å²) in [5.41, 5.74) is 0. The van der Waals surface area contributed by atoms with Gasteiger partial charge in [-0.25, -0.2) is 0 Å². The Morgan fingerprint density at radius 1 is 1.23 bits per heavy atom. The van der Waals surface area contributed by atoms with Gasteiger partial charge in [0.05, 0.1) is 13.2 Å². The van der Waals surface area contributed by atoms with Gasteiger partial charge in [-0.2, -0.15) is 0 Å². The van der Waals surface area contributed by atoms with E-state index in [2.05, 4.69) is 29.2 Å². The molecule has 2 rings (SSSR count). The largest absolute Gasteiger partial charge is 0.381 e. The van der Waals surface area contributed by atoms with E-state index in [-0.39, 0.29) is 0 Å². The maximum Gasteiger partial charge on any atom is 0.193 e. The number of rotatable bonds is 9. The first-order valence-electron chi connectivity index (χ1n) is 8.94. The van der Waals surface area contributed by atoms with Crippen molar-refractivity contribution in [1.82, 2.24) is 10.2 Å². The molecule has 0 aromatic carbocycles. The van der Waals surface area contributed by atoms with Crippen LogP contribution in [0.1, 0.15) is 39.0 Å². The summed E-state index contributed by atoms with van der Waals surface area (Å²) in [6, 6.07) is 0. The highest BCUT2D eigenvalue weighted by Crippen LogP contribution is 2.28. The van der Waals surface area contributed by atoms with E-state index in [9.17, 15) is 0 Å². The molecule has 1 aliphatic heterocycles. The van der Waals surface area contributed by atoms with Gasteiger partial charge in [-0.3, -0.25) is 4.99 Å². The van der Waals surface area contributed by atoms with Crippen LogP contribution in [0.25, 0.3) is 0 Å². The summed E-state index contributed by atoms with van der Waals surface area (Å²) in [7, 11) is 2.13.